The first-order valence-corrected chi connectivity index (χ1v) is 11.6. The molecule has 2 aromatic carbocycles. The Morgan fingerprint density at radius 3 is 2.32 bits per heavy atom. The van der Waals surface area contributed by atoms with Gasteiger partial charge in [0.2, 0.25) is 5.91 Å². The fraction of sp³-hybridized carbons (Fsp3) is 0.250. The van der Waals surface area contributed by atoms with Crippen molar-refractivity contribution in [2.75, 3.05) is 17.2 Å². The van der Waals surface area contributed by atoms with Crippen molar-refractivity contribution in [1.82, 2.24) is 9.69 Å². The lowest BCUT2D eigenvalue weighted by Crippen LogP contribution is -2.49. The van der Waals surface area contributed by atoms with Crippen LogP contribution in [-0.2, 0) is 11.3 Å². The van der Waals surface area contributed by atoms with Crippen molar-refractivity contribution in [3.05, 3.63) is 70.7 Å². The molecule has 0 saturated heterocycles. The minimum Gasteiger partial charge on any atom is -0.494 e. The van der Waals surface area contributed by atoms with E-state index in [0.717, 1.165) is 17.1 Å². The summed E-state index contributed by atoms with van der Waals surface area (Å²) in [4.78, 5) is 39.9. The Bertz CT molecular complexity index is 1150. The van der Waals surface area contributed by atoms with Crippen molar-refractivity contribution >= 4 is 40.6 Å². The molecule has 10 heteroatoms. The van der Waals surface area contributed by atoms with Gasteiger partial charge < -0.3 is 21.5 Å². The van der Waals surface area contributed by atoms with Gasteiger partial charge in [-0.15, -0.1) is 0 Å². The van der Waals surface area contributed by atoms with E-state index in [-0.39, 0.29) is 22.2 Å². The Kier molecular flexibility index (Phi) is 8.20. The zero-order chi connectivity index (χ0) is 24.7. The van der Waals surface area contributed by atoms with E-state index in [2.05, 4.69) is 9.69 Å². The lowest BCUT2D eigenvalue weighted by Gasteiger charge is -2.30. The largest absolute Gasteiger partial charge is 0.494 e. The monoisotopic (exact) mass is 481 g/mol. The second kappa shape index (κ2) is 11.3. The van der Waals surface area contributed by atoms with Crippen LogP contribution in [0, 0.1) is 0 Å². The first kappa shape index (κ1) is 24.7. The topological polar surface area (TPSA) is 141 Å². The molecule has 1 heterocycles. The lowest BCUT2D eigenvalue weighted by molar-refractivity contribution is -0.122. The Balaban J connectivity index is 1.96. The van der Waals surface area contributed by atoms with Crippen LogP contribution in [0.2, 0.25) is 0 Å². The van der Waals surface area contributed by atoms with E-state index in [4.69, 9.17) is 16.2 Å². The molecule has 3 aromatic rings. The minimum atomic E-state index is -0.840. The highest BCUT2D eigenvalue weighted by Gasteiger charge is 2.33. The van der Waals surface area contributed by atoms with Crippen LogP contribution in [0.15, 0.2) is 54.6 Å². The van der Waals surface area contributed by atoms with E-state index in [9.17, 15) is 14.4 Å². The summed E-state index contributed by atoms with van der Waals surface area (Å²) in [6.45, 7) is 4.49. The number of ether oxygens (including phenoxy) is 1. The number of nitrogen functional groups attached to an aromatic ring is 1. The standard InChI is InChI=1S/C24H27N5O4S/c1-3-18(23(31)27-14-15-8-6-5-7-9-15)29(16-10-12-17(13-11-16)33-4-2)24(32)21-19(25)20(22(26)30)28-34-21/h5-13,18H,3-4,14,25H2,1-2H3,(H2,26,30)(H,27,31)/t18-/m1/s1. The van der Waals surface area contributed by atoms with E-state index >= 15 is 0 Å². The molecule has 178 valence electrons. The van der Waals surface area contributed by atoms with Crippen LogP contribution in [0.1, 0.15) is 46.0 Å². The smallest absolute Gasteiger partial charge is 0.272 e. The summed E-state index contributed by atoms with van der Waals surface area (Å²) in [5.41, 5.74) is 12.5. The molecule has 0 aliphatic carbocycles. The van der Waals surface area contributed by atoms with Crippen molar-refractivity contribution in [2.45, 2.75) is 32.9 Å². The van der Waals surface area contributed by atoms with E-state index in [1.165, 1.54) is 4.90 Å². The first-order chi connectivity index (χ1) is 16.4. The van der Waals surface area contributed by atoms with Gasteiger partial charge in [-0.1, -0.05) is 37.3 Å². The van der Waals surface area contributed by atoms with Gasteiger partial charge in [0, 0.05) is 12.2 Å². The lowest BCUT2D eigenvalue weighted by atomic mass is 10.1. The summed E-state index contributed by atoms with van der Waals surface area (Å²) in [5.74, 6) is -1.07. The maximum absolute atomic E-state index is 13.6. The van der Waals surface area contributed by atoms with Crippen molar-refractivity contribution in [3.63, 3.8) is 0 Å². The molecule has 5 N–H and O–H groups in total. The highest BCUT2D eigenvalue weighted by molar-refractivity contribution is 7.09. The molecule has 0 aliphatic heterocycles. The molecular weight excluding hydrogens is 454 g/mol. The number of nitrogens with zero attached hydrogens (tertiary/aromatic N) is 2. The number of amides is 3. The van der Waals surface area contributed by atoms with E-state index in [1.807, 2.05) is 44.2 Å². The number of carbonyl (C=O) groups is 3. The van der Waals surface area contributed by atoms with Crippen LogP contribution in [0.25, 0.3) is 0 Å². The molecule has 1 aromatic heterocycles. The fourth-order valence-electron chi connectivity index (χ4n) is 3.43. The van der Waals surface area contributed by atoms with Gasteiger partial charge in [0.15, 0.2) is 5.69 Å². The number of hydrogen-bond donors (Lipinski definition) is 3. The highest BCUT2D eigenvalue weighted by atomic mass is 32.1. The minimum absolute atomic E-state index is 0.0389. The summed E-state index contributed by atoms with van der Waals surface area (Å²) in [6, 6.07) is 15.5. The van der Waals surface area contributed by atoms with E-state index in [0.29, 0.717) is 31.0 Å². The summed E-state index contributed by atoms with van der Waals surface area (Å²) in [6.07, 6.45) is 0.334. The quantitative estimate of drug-likeness (QED) is 0.407. The number of nitrogens with two attached hydrogens (primary N) is 2. The molecule has 0 spiro atoms. The molecule has 0 unspecified atom stereocenters. The van der Waals surface area contributed by atoms with E-state index < -0.39 is 17.9 Å². The third-order valence-electron chi connectivity index (χ3n) is 5.11. The van der Waals surface area contributed by atoms with Crippen LogP contribution in [0.3, 0.4) is 0 Å². The van der Waals surface area contributed by atoms with Gasteiger partial charge in [0.1, 0.15) is 16.7 Å². The second-order valence-corrected chi connectivity index (χ2v) is 8.14. The van der Waals surface area contributed by atoms with Crippen LogP contribution < -0.4 is 26.4 Å². The van der Waals surface area contributed by atoms with Gasteiger partial charge >= 0.3 is 0 Å². The summed E-state index contributed by atoms with van der Waals surface area (Å²) >= 11 is 0.773. The summed E-state index contributed by atoms with van der Waals surface area (Å²) in [5, 5.41) is 2.90. The molecule has 3 rings (SSSR count). The Morgan fingerprint density at radius 2 is 1.76 bits per heavy atom. The average molecular weight is 482 g/mol. The van der Waals surface area contributed by atoms with Gasteiger partial charge in [0.05, 0.1) is 12.3 Å². The second-order valence-electron chi connectivity index (χ2n) is 7.37. The average Bonchev–Trinajstić information content (AvgIpc) is 3.23. The molecule has 0 radical (unpaired) electrons. The number of anilines is 2. The van der Waals surface area contributed by atoms with Crippen LogP contribution in [0.5, 0.6) is 5.75 Å². The maximum atomic E-state index is 13.6. The van der Waals surface area contributed by atoms with Crippen molar-refractivity contribution in [1.29, 1.82) is 0 Å². The molecule has 1 atom stereocenters. The number of rotatable bonds is 10. The number of hydrogen-bond acceptors (Lipinski definition) is 7. The third-order valence-corrected chi connectivity index (χ3v) is 5.96. The van der Waals surface area contributed by atoms with Crippen molar-refractivity contribution < 1.29 is 19.1 Å². The fourth-order valence-corrected chi connectivity index (χ4v) is 4.18. The number of aromatic nitrogens is 1. The zero-order valence-electron chi connectivity index (χ0n) is 19.0. The molecule has 34 heavy (non-hydrogen) atoms. The predicted molar refractivity (Wildman–Crippen MR) is 132 cm³/mol. The van der Waals surface area contributed by atoms with Gasteiger partial charge in [-0.25, -0.2) is 0 Å². The number of primary amides is 1. The molecule has 0 bridgehead atoms. The molecule has 9 nitrogen and oxygen atoms in total. The Morgan fingerprint density at radius 1 is 1.09 bits per heavy atom. The normalized spacial score (nSPS) is 11.5. The Labute approximate surface area is 201 Å². The number of carbonyl (C=O) groups excluding carboxylic acids is 3. The van der Waals surface area contributed by atoms with Gasteiger partial charge in [-0.2, -0.15) is 4.37 Å². The summed E-state index contributed by atoms with van der Waals surface area (Å²) in [7, 11) is 0. The van der Waals surface area contributed by atoms with Crippen LogP contribution in [0.4, 0.5) is 11.4 Å². The van der Waals surface area contributed by atoms with E-state index in [1.54, 1.807) is 24.3 Å². The molecule has 0 saturated carbocycles. The molecule has 0 fully saturated rings. The van der Waals surface area contributed by atoms with Crippen molar-refractivity contribution in [3.8, 4) is 5.75 Å². The van der Waals surface area contributed by atoms with Crippen LogP contribution in [-0.4, -0.2) is 34.7 Å². The van der Waals surface area contributed by atoms with Crippen molar-refractivity contribution in [2.24, 2.45) is 5.73 Å². The summed E-state index contributed by atoms with van der Waals surface area (Å²) < 4.78 is 9.43. The number of nitrogens with one attached hydrogen (secondary N) is 1. The van der Waals surface area contributed by atoms with Gasteiger partial charge in [0.25, 0.3) is 11.8 Å². The molecule has 0 aliphatic rings. The zero-order valence-corrected chi connectivity index (χ0v) is 19.8. The first-order valence-electron chi connectivity index (χ1n) is 10.8. The maximum Gasteiger partial charge on any atom is 0.272 e. The predicted octanol–water partition coefficient (Wildman–Crippen LogP) is 2.96. The van der Waals surface area contributed by atoms with Gasteiger partial charge in [-0.3, -0.25) is 19.3 Å². The van der Waals surface area contributed by atoms with Crippen LogP contribution >= 0.6 is 11.5 Å². The molecular formula is C24H27N5O4S. The Hall–Kier alpha value is -3.92. The SMILES string of the molecule is CCOc1ccc(N(C(=O)c2snc(C(N)=O)c2N)[C@H](CC)C(=O)NCc2ccccc2)cc1. The number of benzene rings is 2. The van der Waals surface area contributed by atoms with Gasteiger partial charge in [-0.05, 0) is 54.7 Å². The third kappa shape index (κ3) is 5.52. The molecule has 3 amide bonds. The highest BCUT2D eigenvalue weighted by Crippen LogP contribution is 2.29.